The summed E-state index contributed by atoms with van der Waals surface area (Å²) in [5.74, 6) is 1.77. The van der Waals surface area contributed by atoms with Crippen molar-refractivity contribution in [2.45, 2.75) is 52.0 Å². The molecule has 1 aliphatic carbocycles. The van der Waals surface area contributed by atoms with E-state index in [0.29, 0.717) is 5.11 Å². The lowest BCUT2D eigenvalue weighted by Crippen LogP contribution is -2.55. The van der Waals surface area contributed by atoms with Gasteiger partial charge in [-0.2, -0.15) is 0 Å². The molecule has 140 valence electrons. The van der Waals surface area contributed by atoms with Crippen LogP contribution in [0.15, 0.2) is 53.5 Å². The zero-order chi connectivity index (χ0) is 19.0. The first-order valence-corrected chi connectivity index (χ1v) is 10.2. The van der Waals surface area contributed by atoms with Gasteiger partial charge in [-0.3, -0.25) is 0 Å². The molecule has 1 heterocycles. The molecule has 0 bridgehead atoms. The molecule has 1 saturated carbocycles. The number of para-hydroxylation sites is 2. The number of rotatable bonds is 2. The Kier molecular flexibility index (Phi) is 4.77. The molecular formula is C23H27N3S. The maximum absolute atomic E-state index is 5.76. The Bertz CT molecular complexity index is 860. The molecule has 2 aliphatic rings. The quantitative estimate of drug-likeness (QED) is 0.664. The van der Waals surface area contributed by atoms with Gasteiger partial charge >= 0.3 is 0 Å². The molecule has 2 aromatic carbocycles. The molecule has 0 radical (unpaired) electrons. The minimum Gasteiger partial charge on any atom is -0.341 e. The number of aliphatic imine (C=N–C) groups is 1. The van der Waals surface area contributed by atoms with E-state index in [-0.39, 0.29) is 5.54 Å². The maximum atomic E-state index is 5.76. The number of amidine groups is 1. The van der Waals surface area contributed by atoms with E-state index in [1.54, 1.807) is 0 Å². The summed E-state index contributed by atoms with van der Waals surface area (Å²) in [4.78, 5) is 7.18. The van der Waals surface area contributed by atoms with Crippen LogP contribution in [0.3, 0.4) is 0 Å². The Balaban J connectivity index is 1.76. The molecule has 2 aromatic rings. The Morgan fingerprint density at radius 2 is 1.63 bits per heavy atom. The number of anilines is 2. The second kappa shape index (κ2) is 7.08. The fraction of sp³-hybridized carbons (Fsp3) is 0.391. The van der Waals surface area contributed by atoms with E-state index < -0.39 is 0 Å². The van der Waals surface area contributed by atoms with Gasteiger partial charge in [0, 0.05) is 11.4 Å². The van der Waals surface area contributed by atoms with Gasteiger partial charge in [0.05, 0.1) is 0 Å². The van der Waals surface area contributed by atoms with Crippen LogP contribution in [-0.2, 0) is 0 Å². The largest absolute Gasteiger partial charge is 0.341 e. The zero-order valence-electron chi connectivity index (χ0n) is 16.3. The van der Waals surface area contributed by atoms with E-state index in [2.05, 4.69) is 79.5 Å². The molecule has 1 N–H and O–H groups in total. The third-order valence-corrected chi connectivity index (χ3v) is 6.38. The molecule has 4 heteroatoms. The van der Waals surface area contributed by atoms with E-state index in [4.69, 9.17) is 17.2 Å². The van der Waals surface area contributed by atoms with Gasteiger partial charge in [-0.15, -0.1) is 0 Å². The molecule has 4 rings (SSSR count). The second-order valence-corrected chi connectivity index (χ2v) is 8.39. The fourth-order valence-electron chi connectivity index (χ4n) is 4.45. The van der Waals surface area contributed by atoms with Crippen molar-refractivity contribution >= 4 is 34.5 Å². The van der Waals surface area contributed by atoms with E-state index in [1.807, 2.05) is 0 Å². The highest BCUT2D eigenvalue weighted by atomic mass is 32.1. The molecule has 0 amide bonds. The van der Waals surface area contributed by atoms with Crippen LogP contribution in [0.2, 0.25) is 0 Å². The van der Waals surface area contributed by atoms with Crippen molar-refractivity contribution in [1.82, 2.24) is 0 Å². The van der Waals surface area contributed by atoms with Gasteiger partial charge in [-0.05, 0) is 80.9 Å². The second-order valence-electron chi connectivity index (χ2n) is 8.02. The molecule has 27 heavy (non-hydrogen) atoms. The first-order valence-electron chi connectivity index (χ1n) is 9.83. The summed E-state index contributed by atoms with van der Waals surface area (Å²) in [5.41, 5.74) is 4.60. The summed E-state index contributed by atoms with van der Waals surface area (Å²) >= 11 is 5.76. The average Bonchev–Trinajstić information content (AvgIpc) is 2.92. The van der Waals surface area contributed by atoms with Crippen LogP contribution in [0.4, 0.5) is 11.4 Å². The lowest BCUT2D eigenvalue weighted by Gasteiger charge is -2.44. The Morgan fingerprint density at radius 1 is 1.00 bits per heavy atom. The van der Waals surface area contributed by atoms with E-state index in [1.165, 1.54) is 24.0 Å². The van der Waals surface area contributed by atoms with E-state index in [0.717, 1.165) is 36.0 Å². The Morgan fingerprint density at radius 3 is 2.26 bits per heavy atom. The van der Waals surface area contributed by atoms with Gasteiger partial charge in [-0.25, -0.2) is 4.99 Å². The van der Waals surface area contributed by atoms with E-state index in [9.17, 15) is 0 Å². The number of hydrogen-bond acceptors (Lipinski definition) is 2. The summed E-state index contributed by atoms with van der Waals surface area (Å²) in [6.07, 6.45) is 4.53. The Hall–Kier alpha value is -2.20. The lowest BCUT2D eigenvalue weighted by molar-refractivity contribution is 0.311. The van der Waals surface area contributed by atoms with Crippen LogP contribution >= 0.6 is 12.2 Å². The molecule has 0 unspecified atom stereocenters. The van der Waals surface area contributed by atoms with Crippen LogP contribution in [0, 0.1) is 19.8 Å². The lowest BCUT2D eigenvalue weighted by atomic mass is 9.75. The summed E-state index contributed by atoms with van der Waals surface area (Å²) in [7, 11) is 0. The van der Waals surface area contributed by atoms with E-state index >= 15 is 0 Å². The predicted molar refractivity (Wildman–Crippen MR) is 119 cm³/mol. The molecular weight excluding hydrogens is 350 g/mol. The van der Waals surface area contributed by atoms with Gasteiger partial charge in [-0.1, -0.05) is 43.3 Å². The topological polar surface area (TPSA) is 27.6 Å². The van der Waals surface area contributed by atoms with Gasteiger partial charge in [0.15, 0.2) is 0 Å². The van der Waals surface area contributed by atoms with Gasteiger partial charge in [0.1, 0.15) is 11.4 Å². The minimum atomic E-state index is -0.167. The Labute approximate surface area is 167 Å². The third-order valence-electron chi connectivity index (χ3n) is 6.11. The third kappa shape index (κ3) is 3.16. The number of thiocarbonyl (C=S) groups is 1. The normalized spacial score (nSPS) is 25.0. The molecule has 3 nitrogen and oxygen atoms in total. The highest BCUT2D eigenvalue weighted by Crippen LogP contribution is 2.44. The number of aryl methyl sites for hydroxylation is 2. The maximum Gasteiger partial charge on any atom is 0.202 e. The average molecular weight is 378 g/mol. The predicted octanol–water partition coefficient (Wildman–Crippen LogP) is 5.87. The highest BCUT2D eigenvalue weighted by Gasteiger charge is 2.50. The van der Waals surface area contributed by atoms with Crippen LogP contribution in [0.5, 0.6) is 0 Å². The fourth-order valence-corrected chi connectivity index (χ4v) is 4.82. The van der Waals surface area contributed by atoms with Crippen molar-refractivity contribution < 1.29 is 0 Å². The van der Waals surface area contributed by atoms with Crippen molar-refractivity contribution in [2.24, 2.45) is 10.9 Å². The summed E-state index contributed by atoms with van der Waals surface area (Å²) in [6, 6.07) is 16.9. The van der Waals surface area contributed by atoms with Gasteiger partial charge < -0.3 is 10.2 Å². The van der Waals surface area contributed by atoms with Crippen molar-refractivity contribution in [2.75, 3.05) is 10.2 Å². The standard InChI is InChI=1S/C23H27N3S/c1-16-12-14-23(15-13-16)21(24-20-17(2)8-7-9-18(20)3)25-22(27)26(23)19-10-5-4-6-11-19/h4-11,16H,12-15H2,1-3H3,(H,24,25,27). The van der Waals surface area contributed by atoms with Gasteiger partial charge in [0.25, 0.3) is 0 Å². The summed E-state index contributed by atoms with van der Waals surface area (Å²) < 4.78 is 0. The number of nitrogens with zero attached hydrogens (tertiary/aromatic N) is 2. The van der Waals surface area contributed by atoms with Crippen LogP contribution in [0.1, 0.15) is 43.7 Å². The summed E-state index contributed by atoms with van der Waals surface area (Å²) in [6.45, 7) is 6.64. The molecule has 0 aromatic heterocycles. The zero-order valence-corrected chi connectivity index (χ0v) is 17.1. The van der Waals surface area contributed by atoms with Crippen molar-refractivity contribution in [3.8, 4) is 0 Å². The SMILES string of the molecule is Cc1cccc(C)c1NC1=NC(=S)N(c2ccccc2)C12CCC(C)CC2. The first kappa shape index (κ1) is 18.2. The molecule has 1 spiro atoms. The van der Waals surface area contributed by atoms with Crippen molar-refractivity contribution in [3.05, 3.63) is 59.7 Å². The molecule has 0 saturated heterocycles. The van der Waals surface area contributed by atoms with Crippen LogP contribution in [-0.4, -0.2) is 16.5 Å². The van der Waals surface area contributed by atoms with Crippen LogP contribution < -0.4 is 10.2 Å². The molecule has 1 fully saturated rings. The molecule has 1 aliphatic heterocycles. The number of benzene rings is 2. The first-order chi connectivity index (χ1) is 13.0. The number of nitrogens with one attached hydrogen (secondary N) is 1. The molecule has 0 atom stereocenters. The summed E-state index contributed by atoms with van der Waals surface area (Å²) in [5, 5.41) is 4.37. The highest BCUT2D eigenvalue weighted by molar-refractivity contribution is 7.80. The smallest absolute Gasteiger partial charge is 0.202 e. The minimum absolute atomic E-state index is 0.167. The van der Waals surface area contributed by atoms with Crippen molar-refractivity contribution in [1.29, 1.82) is 0 Å². The van der Waals surface area contributed by atoms with Crippen molar-refractivity contribution in [3.63, 3.8) is 0 Å². The van der Waals surface area contributed by atoms with Crippen LogP contribution in [0.25, 0.3) is 0 Å². The number of hydrogen-bond donors (Lipinski definition) is 1. The monoisotopic (exact) mass is 377 g/mol. The van der Waals surface area contributed by atoms with Gasteiger partial charge in [0.2, 0.25) is 5.11 Å².